The molecule has 112 valence electrons. The minimum Gasteiger partial charge on any atom is -0.309 e. The van der Waals surface area contributed by atoms with Gasteiger partial charge in [-0.25, -0.2) is 4.98 Å². The van der Waals surface area contributed by atoms with Gasteiger partial charge in [0.15, 0.2) is 0 Å². The maximum Gasteiger partial charge on any atom is 0.208 e. The molecule has 1 aromatic carbocycles. The maximum atomic E-state index is 4.45. The first kappa shape index (κ1) is 14.6. The fourth-order valence-corrected chi connectivity index (χ4v) is 4.25. The van der Waals surface area contributed by atoms with Crippen molar-refractivity contribution in [1.82, 2.24) is 20.5 Å². The Bertz CT molecular complexity index is 595. The van der Waals surface area contributed by atoms with Crippen molar-refractivity contribution in [3.8, 4) is 0 Å². The number of aryl methyl sites for hydroxylation is 2. The SMILES string of the molecule is CCNC1c2ccccc2CCCC1Sc1n[nH]c(C)n1. The van der Waals surface area contributed by atoms with Crippen LogP contribution in [-0.2, 0) is 6.42 Å². The molecule has 0 aliphatic heterocycles. The van der Waals surface area contributed by atoms with Crippen LogP contribution in [-0.4, -0.2) is 27.0 Å². The van der Waals surface area contributed by atoms with Gasteiger partial charge in [-0.15, -0.1) is 5.10 Å². The highest BCUT2D eigenvalue weighted by Gasteiger charge is 2.28. The van der Waals surface area contributed by atoms with Crippen molar-refractivity contribution in [2.24, 2.45) is 0 Å². The highest BCUT2D eigenvalue weighted by atomic mass is 32.2. The van der Waals surface area contributed by atoms with Crippen molar-refractivity contribution in [1.29, 1.82) is 0 Å². The second-order valence-corrected chi connectivity index (χ2v) is 6.69. The second-order valence-electron chi connectivity index (χ2n) is 5.49. The standard InChI is InChI=1S/C16H22N4S/c1-3-17-15-13-9-5-4-7-12(13)8-6-10-14(15)21-16-18-11(2)19-20-16/h4-5,7,9,14-15,17H,3,6,8,10H2,1-2H3,(H,18,19,20). The molecule has 2 atom stereocenters. The molecule has 5 heteroatoms. The lowest BCUT2D eigenvalue weighted by atomic mass is 9.99. The van der Waals surface area contributed by atoms with E-state index in [-0.39, 0.29) is 0 Å². The molecule has 0 fully saturated rings. The third kappa shape index (κ3) is 3.30. The number of aromatic nitrogens is 3. The van der Waals surface area contributed by atoms with Crippen LogP contribution in [0.5, 0.6) is 0 Å². The van der Waals surface area contributed by atoms with E-state index in [1.807, 2.05) is 6.92 Å². The molecular weight excluding hydrogens is 280 g/mol. The average Bonchev–Trinajstić information content (AvgIpc) is 2.81. The number of aromatic amines is 1. The maximum absolute atomic E-state index is 4.45. The molecule has 0 bridgehead atoms. The molecule has 1 aliphatic rings. The van der Waals surface area contributed by atoms with Gasteiger partial charge in [0.25, 0.3) is 0 Å². The highest BCUT2D eigenvalue weighted by Crippen LogP contribution is 2.38. The molecule has 0 saturated carbocycles. The predicted molar refractivity (Wildman–Crippen MR) is 86.6 cm³/mol. The molecule has 0 amide bonds. The van der Waals surface area contributed by atoms with Gasteiger partial charge in [-0.2, -0.15) is 0 Å². The molecule has 0 radical (unpaired) electrons. The largest absolute Gasteiger partial charge is 0.309 e. The Morgan fingerprint density at radius 3 is 3.00 bits per heavy atom. The second kappa shape index (κ2) is 6.62. The number of thioether (sulfide) groups is 1. The lowest BCUT2D eigenvalue weighted by molar-refractivity contribution is 0.516. The highest BCUT2D eigenvalue weighted by molar-refractivity contribution is 7.99. The number of fused-ring (bicyclic) bond motifs is 1. The Labute approximate surface area is 130 Å². The molecule has 2 N–H and O–H groups in total. The van der Waals surface area contributed by atoms with Gasteiger partial charge in [0.2, 0.25) is 5.16 Å². The van der Waals surface area contributed by atoms with E-state index in [0.717, 1.165) is 17.5 Å². The van der Waals surface area contributed by atoms with Crippen LogP contribution in [0, 0.1) is 6.92 Å². The van der Waals surface area contributed by atoms with Gasteiger partial charge in [0.1, 0.15) is 5.82 Å². The van der Waals surface area contributed by atoms with E-state index < -0.39 is 0 Å². The van der Waals surface area contributed by atoms with Crippen LogP contribution in [0.4, 0.5) is 0 Å². The zero-order chi connectivity index (χ0) is 14.7. The van der Waals surface area contributed by atoms with Gasteiger partial charge in [0, 0.05) is 11.3 Å². The third-order valence-electron chi connectivity index (χ3n) is 3.95. The van der Waals surface area contributed by atoms with Crippen LogP contribution in [0.25, 0.3) is 0 Å². The molecule has 1 heterocycles. The summed E-state index contributed by atoms with van der Waals surface area (Å²) in [6, 6.07) is 9.20. The van der Waals surface area contributed by atoms with E-state index in [4.69, 9.17) is 0 Å². The number of nitrogens with one attached hydrogen (secondary N) is 2. The lowest BCUT2D eigenvalue weighted by Gasteiger charge is -2.26. The normalized spacial score (nSPS) is 21.8. The summed E-state index contributed by atoms with van der Waals surface area (Å²) in [5, 5.41) is 12.2. The van der Waals surface area contributed by atoms with Crippen molar-refractivity contribution in [2.45, 2.75) is 49.6 Å². The Morgan fingerprint density at radius 1 is 1.38 bits per heavy atom. The van der Waals surface area contributed by atoms with Gasteiger partial charge in [-0.3, -0.25) is 5.10 Å². The summed E-state index contributed by atoms with van der Waals surface area (Å²) >= 11 is 1.79. The summed E-state index contributed by atoms with van der Waals surface area (Å²) in [6.45, 7) is 5.09. The van der Waals surface area contributed by atoms with Gasteiger partial charge < -0.3 is 5.32 Å². The Morgan fingerprint density at radius 2 is 2.24 bits per heavy atom. The number of rotatable bonds is 4. The van der Waals surface area contributed by atoms with Crippen LogP contribution in [0.15, 0.2) is 29.4 Å². The molecular formula is C16H22N4S. The van der Waals surface area contributed by atoms with Gasteiger partial charge in [-0.1, -0.05) is 43.0 Å². The average molecular weight is 302 g/mol. The van der Waals surface area contributed by atoms with Crippen LogP contribution in [0.2, 0.25) is 0 Å². The zero-order valence-electron chi connectivity index (χ0n) is 12.6. The summed E-state index contributed by atoms with van der Waals surface area (Å²) in [5.74, 6) is 0.881. The van der Waals surface area contributed by atoms with E-state index >= 15 is 0 Å². The number of H-pyrrole nitrogens is 1. The molecule has 0 saturated heterocycles. The monoisotopic (exact) mass is 302 g/mol. The van der Waals surface area contributed by atoms with Gasteiger partial charge in [0.05, 0.1) is 0 Å². The number of hydrogen-bond acceptors (Lipinski definition) is 4. The quantitative estimate of drug-likeness (QED) is 0.851. The molecule has 21 heavy (non-hydrogen) atoms. The van der Waals surface area contributed by atoms with E-state index in [9.17, 15) is 0 Å². The molecule has 0 spiro atoms. The molecule has 4 nitrogen and oxygen atoms in total. The van der Waals surface area contributed by atoms with Crippen molar-refractivity contribution in [3.63, 3.8) is 0 Å². The van der Waals surface area contributed by atoms with Crippen LogP contribution in [0.3, 0.4) is 0 Å². The van der Waals surface area contributed by atoms with E-state index in [2.05, 4.69) is 51.7 Å². The molecule has 3 rings (SSSR count). The Hall–Kier alpha value is -1.33. The molecule has 1 aliphatic carbocycles. The lowest BCUT2D eigenvalue weighted by Crippen LogP contribution is -2.30. The van der Waals surface area contributed by atoms with Crippen LogP contribution < -0.4 is 5.32 Å². The first-order chi connectivity index (χ1) is 10.3. The number of benzene rings is 1. The van der Waals surface area contributed by atoms with Crippen molar-refractivity contribution in [3.05, 3.63) is 41.2 Å². The Kier molecular flexibility index (Phi) is 4.60. The first-order valence-electron chi connectivity index (χ1n) is 7.64. The smallest absolute Gasteiger partial charge is 0.208 e. The summed E-state index contributed by atoms with van der Waals surface area (Å²) < 4.78 is 0. The minimum atomic E-state index is 0.373. The molecule has 2 unspecified atom stereocenters. The molecule has 2 aromatic rings. The number of nitrogens with zero attached hydrogens (tertiary/aromatic N) is 2. The number of hydrogen-bond donors (Lipinski definition) is 2. The topological polar surface area (TPSA) is 53.6 Å². The summed E-state index contributed by atoms with van der Waals surface area (Å²) in [5.41, 5.74) is 2.93. The summed E-state index contributed by atoms with van der Waals surface area (Å²) in [4.78, 5) is 4.45. The first-order valence-corrected chi connectivity index (χ1v) is 8.52. The summed E-state index contributed by atoms with van der Waals surface area (Å²) in [7, 11) is 0. The summed E-state index contributed by atoms with van der Waals surface area (Å²) in [6.07, 6.45) is 3.58. The van der Waals surface area contributed by atoms with Gasteiger partial charge in [-0.05, 0) is 43.9 Å². The predicted octanol–water partition coefficient (Wildman–Crippen LogP) is 3.26. The fourth-order valence-electron chi connectivity index (χ4n) is 3.02. The third-order valence-corrected chi connectivity index (χ3v) is 5.16. The Balaban J connectivity index is 1.88. The van der Waals surface area contributed by atoms with Crippen molar-refractivity contribution < 1.29 is 0 Å². The van der Waals surface area contributed by atoms with Crippen molar-refractivity contribution >= 4 is 11.8 Å². The zero-order valence-corrected chi connectivity index (χ0v) is 13.4. The van der Waals surface area contributed by atoms with Crippen LogP contribution >= 0.6 is 11.8 Å². The molecule has 1 aromatic heterocycles. The fraction of sp³-hybridized carbons (Fsp3) is 0.500. The minimum absolute atomic E-state index is 0.373. The van der Waals surface area contributed by atoms with Crippen LogP contribution in [0.1, 0.15) is 42.8 Å². The van der Waals surface area contributed by atoms with E-state index in [1.165, 1.54) is 30.4 Å². The van der Waals surface area contributed by atoms with E-state index in [0.29, 0.717) is 11.3 Å². The van der Waals surface area contributed by atoms with Gasteiger partial charge >= 0.3 is 0 Å². The van der Waals surface area contributed by atoms with E-state index in [1.54, 1.807) is 11.8 Å². The van der Waals surface area contributed by atoms with Crippen molar-refractivity contribution in [2.75, 3.05) is 6.54 Å².